The Labute approximate surface area is 532 Å². The lowest BCUT2D eigenvalue weighted by Gasteiger charge is -2.37. The van der Waals surface area contributed by atoms with Crippen LogP contribution in [-0.4, -0.2) is 45.2 Å². The van der Waals surface area contributed by atoms with Gasteiger partial charge in [0.05, 0.1) is 40.6 Å². The summed E-state index contributed by atoms with van der Waals surface area (Å²) in [5.74, 6) is 37.5. The van der Waals surface area contributed by atoms with E-state index in [0.29, 0.717) is 33.8 Å². The molecule has 0 fully saturated rings. The number of carboxylic acid groups (broad SMARTS) is 2. The number of nitrogens with zero attached hydrogens (tertiary/aromatic N) is 5. The first-order valence-electron chi connectivity index (χ1n) is 29.3. The second-order valence-electron chi connectivity index (χ2n) is 22.0. The highest BCUT2D eigenvalue weighted by atomic mass is 16.5. The molecule has 6 aromatic carbocycles. The summed E-state index contributed by atoms with van der Waals surface area (Å²) in [4.78, 5) is 40.1. The minimum atomic E-state index is -1.26. The lowest BCUT2D eigenvalue weighted by Crippen LogP contribution is -2.34. The lowest BCUT2D eigenvalue weighted by molar-refractivity contribution is 0.0686. The fraction of sp³-hybridized carbons (Fsp3) is 0.0976. The molecule has 5 aliphatic rings. The summed E-state index contributed by atoms with van der Waals surface area (Å²) in [6.45, 7) is 10.1. The lowest BCUT2D eigenvalue weighted by atomic mass is 9.67. The number of aryl methyl sites for hydroxylation is 2. The Morgan fingerprint density at radius 3 is 1.83 bits per heavy atom. The maximum atomic E-state index is 13.2. The second-order valence-corrected chi connectivity index (χ2v) is 22.0. The van der Waals surface area contributed by atoms with Crippen molar-refractivity contribution in [3.63, 3.8) is 0 Å². The molecule has 0 radical (unpaired) electrons. The van der Waals surface area contributed by atoms with E-state index in [4.69, 9.17) is 24.2 Å². The number of rotatable bonds is 9. The van der Waals surface area contributed by atoms with Crippen LogP contribution >= 0.6 is 0 Å². The Bertz CT molecular complexity index is 5190. The van der Waals surface area contributed by atoms with Gasteiger partial charge in [-0.15, -0.1) is 12.8 Å². The number of terminal acetylenes is 2. The summed E-state index contributed by atoms with van der Waals surface area (Å²) >= 11 is 0. The van der Waals surface area contributed by atoms with Crippen molar-refractivity contribution in [1.82, 2.24) is 9.97 Å². The fourth-order valence-corrected chi connectivity index (χ4v) is 13.3. The maximum absolute atomic E-state index is 13.2. The Kier molecular flexibility index (Phi) is 15.3. The molecule has 0 saturated heterocycles. The van der Waals surface area contributed by atoms with E-state index >= 15 is 0 Å². The number of nitriles is 1. The van der Waals surface area contributed by atoms with Crippen LogP contribution in [0, 0.1) is 114 Å². The van der Waals surface area contributed by atoms with Gasteiger partial charge < -0.3 is 19.8 Å². The molecule has 3 aliphatic heterocycles. The number of aromatic carboxylic acids is 2. The smallest absolute Gasteiger partial charge is 0.336 e. The molecule has 2 aromatic heterocycles. The van der Waals surface area contributed by atoms with Gasteiger partial charge in [0.15, 0.2) is 0 Å². The molecule has 0 bridgehead atoms. The third kappa shape index (κ3) is 10.3. The Balaban J connectivity index is 0.980. The van der Waals surface area contributed by atoms with Crippen LogP contribution in [-0.2, 0) is 28.4 Å². The average Bonchev–Trinajstić information content (AvgIpc) is 1.51. The van der Waals surface area contributed by atoms with Crippen molar-refractivity contribution in [2.24, 2.45) is 0 Å². The third-order valence-electron chi connectivity index (χ3n) is 17.1. The molecule has 8 aromatic rings. The molecule has 0 amide bonds. The fourth-order valence-electron chi connectivity index (χ4n) is 13.3. The summed E-state index contributed by atoms with van der Waals surface area (Å²) < 4.78 is 6.72. The van der Waals surface area contributed by atoms with E-state index < -0.39 is 22.8 Å². The molecule has 10 heteroatoms. The van der Waals surface area contributed by atoms with Gasteiger partial charge in [0.2, 0.25) is 0 Å². The third-order valence-corrected chi connectivity index (χ3v) is 17.1. The quantitative estimate of drug-likeness (QED) is 0.0821. The molecule has 10 nitrogen and oxygen atoms in total. The van der Waals surface area contributed by atoms with E-state index in [0.717, 1.165) is 100.0 Å². The monoisotopic (exact) mass is 1180 g/mol. The van der Waals surface area contributed by atoms with Crippen molar-refractivity contribution in [3.8, 4) is 147 Å². The van der Waals surface area contributed by atoms with Gasteiger partial charge in [0, 0.05) is 42.3 Å². The van der Waals surface area contributed by atoms with Crippen LogP contribution < -0.4 is 4.90 Å². The topological polar surface area (TPSA) is 141 Å². The van der Waals surface area contributed by atoms with Gasteiger partial charge >= 0.3 is 11.9 Å². The van der Waals surface area contributed by atoms with Gasteiger partial charge in [0.1, 0.15) is 16.9 Å². The predicted molar refractivity (Wildman–Crippen MR) is 355 cm³/mol. The van der Waals surface area contributed by atoms with Crippen molar-refractivity contribution in [2.45, 2.75) is 36.5 Å². The van der Waals surface area contributed by atoms with Crippen molar-refractivity contribution in [1.29, 1.82) is 5.26 Å². The van der Waals surface area contributed by atoms with Crippen LogP contribution in [0.4, 0.5) is 5.69 Å². The van der Waals surface area contributed by atoms with E-state index in [-0.39, 0.29) is 28.2 Å². The largest absolute Gasteiger partial charge is 0.478 e. The molecule has 92 heavy (non-hydrogen) atoms. The summed E-state index contributed by atoms with van der Waals surface area (Å²) in [5, 5.41) is 30.7. The minimum absolute atomic E-state index is 0.0164. The number of ether oxygens (including phenoxy) is 1. The number of fused-ring (bicyclic) bond motifs is 6. The highest BCUT2D eigenvalue weighted by molar-refractivity contribution is 5.98. The van der Waals surface area contributed by atoms with Crippen molar-refractivity contribution in [2.75, 3.05) is 18.0 Å². The number of hydrogen-bond donors (Lipinski definition) is 2. The molecule has 428 valence electrons. The van der Waals surface area contributed by atoms with Gasteiger partial charge in [-0.1, -0.05) is 115 Å². The van der Waals surface area contributed by atoms with E-state index in [1.54, 1.807) is 12.2 Å². The molecular weight excluding hydrogens is 1130 g/mol. The summed E-state index contributed by atoms with van der Waals surface area (Å²) in [5.41, 5.74) is 13.9. The summed E-state index contributed by atoms with van der Waals surface area (Å²) in [6, 6.07) is 47.2. The average molecular weight is 1180 g/mol. The second kappa shape index (κ2) is 24.4. The first-order chi connectivity index (χ1) is 45.1. The first kappa shape index (κ1) is 57.6. The number of allylic oxidation sites excluding steroid dienone is 5. The number of anilines is 1. The van der Waals surface area contributed by atoms with E-state index in [1.165, 1.54) is 47.4 Å². The number of hydrogen-bond acceptors (Lipinski definition) is 7. The number of aromatic nitrogens is 2. The molecule has 2 N–H and O–H groups in total. The Morgan fingerprint density at radius 2 is 1.20 bits per heavy atom. The molecule has 5 heterocycles. The SMILES string of the molecule is [C-]#[N+]/C(C#N)=C1C=C(/C=C/c2cc3c4c(c2)CCCN4CCC3)OC(c2ccc(C3(c4ccc(-c5cnc(-c6cc(C(=O)O)ccn6)cc5C(=O)O)cc4)c4ccccc4-c4cc5c(cc43)-c3ccccc3C5(C#CC#CC#CC#C)C#CC#CC#CC#C)cc2)=C/1. The molecular formula is C82H45N5O5. The van der Waals surface area contributed by atoms with Gasteiger partial charge in [-0.2, -0.15) is 0 Å². The zero-order chi connectivity index (χ0) is 63.3. The zero-order valence-corrected chi connectivity index (χ0v) is 49.0. The van der Waals surface area contributed by atoms with Crippen LogP contribution in [0.1, 0.15) is 89.2 Å². The normalized spacial score (nSPS) is 15.6. The van der Waals surface area contributed by atoms with E-state index in [1.807, 2.05) is 84.9 Å². The van der Waals surface area contributed by atoms with Crippen LogP contribution in [0.15, 0.2) is 187 Å². The maximum Gasteiger partial charge on any atom is 0.336 e. The first-order valence-corrected chi connectivity index (χ1v) is 29.3. The van der Waals surface area contributed by atoms with Crippen LogP contribution in [0.25, 0.3) is 61.4 Å². The Hall–Kier alpha value is -13.4. The Morgan fingerprint density at radius 1 is 0.609 bits per heavy atom. The molecule has 1 unspecified atom stereocenters. The van der Waals surface area contributed by atoms with Crippen LogP contribution in [0.2, 0.25) is 0 Å². The molecule has 13 rings (SSSR count). The van der Waals surface area contributed by atoms with Crippen LogP contribution in [0.5, 0.6) is 0 Å². The van der Waals surface area contributed by atoms with Gasteiger partial charge in [0.25, 0.3) is 5.70 Å². The van der Waals surface area contributed by atoms with Gasteiger partial charge in [-0.3, -0.25) is 9.97 Å². The van der Waals surface area contributed by atoms with Gasteiger partial charge in [-0.25, -0.2) is 19.7 Å². The molecule has 0 spiro atoms. The van der Waals surface area contributed by atoms with Crippen molar-refractivity contribution < 1.29 is 24.5 Å². The highest BCUT2D eigenvalue weighted by Gasteiger charge is 2.50. The summed E-state index contributed by atoms with van der Waals surface area (Å²) in [6.07, 6.45) is 25.3. The standard InChI is InChI=1S/C82H45N5O5/c1-4-6-8-10-12-18-39-81(40-19-13-11-9-7-5-2)70-26-16-14-24-64(70)66-50-73-67(49-72(66)81)65-25-15-17-27-71(65)82(73,61-33-29-55(30-34-61)69-53-86-75(51-68(69)80(90)91)74-47-59(79(88)89)38-41-85-74)62-35-31-56(32-36-62)77-48-60(76(52-83)84-3)46-63(92-77)37-28-54-44-57-22-20-42-87-43-21-23-58(45-54)78(57)87/h1-2,14-17,24-38,41,44-51,53H,20-23,42-43H2,(H,88,89)(H,90,91)/b37-28+,76-60-. The minimum Gasteiger partial charge on any atom is -0.478 e. The number of carboxylic acids is 2. The zero-order valence-electron chi connectivity index (χ0n) is 49.0. The number of benzene rings is 6. The molecule has 2 aliphatic carbocycles. The van der Waals surface area contributed by atoms with E-state index in [9.17, 15) is 25.1 Å². The predicted octanol–water partition coefficient (Wildman–Crippen LogP) is 13.5. The number of pyridine rings is 2. The van der Waals surface area contributed by atoms with Crippen molar-refractivity contribution >= 4 is 29.5 Å². The van der Waals surface area contributed by atoms with Crippen LogP contribution in [0.3, 0.4) is 0 Å². The molecule has 1 atom stereocenters. The van der Waals surface area contributed by atoms with Gasteiger partial charge in [-0.05, 0) is 241 Å². The van der Waals surface area contributed by atoms with Crippen molar-refractivity contribution in [3.05, 3.63) is 265 Å². The molecule has 0 saturated carbocycles. The highest BCUT2D eigenvalue weighted by Crippen LogP contribution is 2.60. The van der Waals surface area contributed by atoms with E-state index in [2.05, 4.69) is 157 Å². The summed E-state index contributed by atoms with van der Waals surface area (Å²) in [7, 11) is 0. The number of carbonyl (C=O) groups is 2.